The predicted molar refractivity (Wildman–Crippen MR) is 149 cm³/mol. The van der Waals surface area contributed by atoms with Gasteiger partial charge in [0.1, 0.15) is 6.17 Å². The molecule has 1 aliphatic heterocycles. The molecule has 37 heavy (non-hydrogen) atoms. The molecular formula is C29H36N8. The molecule has 0 spiro atoms. The number of hydrazine groups is 1. The van der Waals surface area contributed by atoms with Gasteiger partial charge in [0.2, 0.25) is 5.95 Å². The topological polar surface area (TPSA) is 82.9 Å². The minimum Gasteiger partial charge on any atom is -0.393 e. The number of hydrogen-bond acceptors (Lipinski definition) is 7. The molecule has 3 aromatic rings. The zero-order chi connectivity index (χ0) is 25.9. The summed E-state index contributed by atoms with van der Waals surface area (Å²) in [4.78, 5) is 9.57. The molecule has 3 heterocycles. The molecule has 0 amide bonds. The Bertz CT molecular complexity index is 1380. The second-order valence-electron chi connectivity index (χ2n) is 9.77. The zero-order valence-corrected chi connectivity index (χ0v) is 22.3. The Balaban J connectivity index is 1.47. The number of hydrogen-bond donors (Lipinski definition) is 3. The lowest BCUT2D eigenvalue weighted by molar-refractivity contribution is 0.342. The van der Waals surface area contributed by atoms with Crippen LogP contribution in [0.3, 0.4) is 0 Å². The van der Waals surface area contributed by atoms with Gasteiger partial charge in [-0.2, -0.15) is 5.10 Å². The van der Waals surface area contributed by atoms with Gasteiger partial charge in [-0.05, 0) is 54.5 Å². The first-order chi connectivity index (χ1) is 17.9. The van der Waals surface area contributed by atoms with E-state index in [2.05, 4.69) is 71.4 Å². The fraction of sp³-hybridized carbons (Fsp3) is 0.345. The number of anilines is 1. The molecule has 0 fully saturated rings. The summed E-state index contributed by atoms with van der Waals surface area (Å²) in [5.41, 5.74) is 13.9. The molecule has 1 aliphatic carbocycles. The van der Waals surface area contributed by atoms with Crippen LogP contribution in [0.2, 0.25) is 0 Å². The molecule has 8 nitrogen and oxygen atoms in total. The lowest BCUT2D eigenvalue weighted by Crippen LogP contribution is -2.37. The fourth-order valence-electron chi connectivity index (χ4n) is 4.93. The van der Waals surface area contributed by atoms with Crippen LogP contribution < -0.4 is 16.1 Å². The number of benzene rings is 1. The summed E-state index contributed by atoms with van der Waals surface area (Å²) in [6, 6.07) is 8.80. The second-order valence-corrected chi connectivity index (χ2v) is 9.77. The minimum absolute atomic E-state index is 0.0347. The standard InChI is InChI=1S/C29H36N8/c1-6-19(2)14-23(17-30-3)21-9-7-8-20(15-21)16-25-27-24(34-37(25)5)11-10-22-18-31-29(33-28(22)27)32-26-12-13-36(4)35-26/h7-9,12-15,17-18,26,30,35H,6,10-11,16H2,1-5H3,(H,31,32,33)/b19-14+,23-17+. The van der Waals surface area contributed by atoms with Crippen molar-refractivity contribution in [3.05, 3.63) is 88.7 Å². The van der Waals surface area contributed by atoms with Crippen molar-refractivity contribution in [1.29, 1.82) is 0 Å². The Morgan fingerprint density at radius 3 is 2.86 bits per heavy atom. The molecule has 5 rings (SSSR count). The Morgan fingerprint density at radius 2 is 2.11 bits per heavy atom. The van der Waals surface area contributed by atoms with E-state index in [9.17, 15) is 0 Å². The Labute approximate surface area is 219 Å². The number of nitrogens with one attached hydrogen (secondary N) is 3. The smallest absolute Gasteiger partial charge is 0.224 e. The maximum absolute atomic E-state index is 4.98. The summed E-state index contributed by atoms with van der Waals surface area (Å²) in [6.45, 7) is 4.36. The highest BCUT2D eigenvalue weighted by atomic mass is 15.5. The first kappa shape index (κ1) is 24.8. The summed E-state index contributed by atoms with van der Waals surface area (Å²) in [5, 5.41) is 13.4. The van der Waals surface area contributed by atoms with Gasteiger partial charge in [0.05, 0.1) is 17.1 Å². The van der Waals surface area contributed by atoms with E-state index in [1.54, 1.807) is 0 Å². The van der Waals surface area contributed by atoms with E-state index in [1.807, 2.05) is 49.3 Å². The van der Waals surface area contributed by atoms with E-state index in [1.165, 1.54) is 33.5 Å². The molecule has 0 saturated heterocycles. The normalized spacial score (nSPS) is 17.1. The number of allylic oxidation sites excluding steroid dienone is 3. The molecule has 1 unspecified atom stereocenters. The Morgan fingerprint density at radius 1 is 1.24 bits per heavy atom. The van der Waals surface area contributed by atoms with Crippen molar-refractivity contribution in [3.63, 3.8) is 0 Å². The number of fused-ring (bicyclic) bond motifs is 3. The molecule has 2 aliphatic rings. The summed E-state index contributed by atoms with van der Waals surface area (Å²) in [5.74, 6) is 0.612. The van der Waals surface area contributed by atoms with Gasteiger partial charge in [0.15, 0.2) is 0 Å². The second kappa shape index (κ2) is 10.6. The van der Waals surface area contributed by atoms with Gasteiger partial charge in [0, 0.05) is 51.7 Å². The third-order valence-electron chi connectivity index (χ3n) is 6.99. The van der Waals surface area contributed by atoms with Gasteiger partial charge in [-0.1, -0.05) is 42.8 Å². The third-order valence-corrected chi connectivity index (χ3v) is 6.99. The maximum Gasteiger partial charge on any atom is 0.224 e. The van der Waals surface area contributed by atoms with Gasteiger partial charge in [-0.15, -0.1) is 0 Å². The fourth-order valence-corrected chi connectivity index (χ4v) is 4.93. The highest BCUT2D eigenvalue weighted by Crippen LogP contribution is 2.36. The molecule has 1 aromatic carbocycles. The van der Waals surface area contributed by atoms with Crippen LogP contribution in [-0.4, -0.2) is 45.0 Å². The van der Waals surface area contributed by atoms with Crippen LogP contribution in [0, 0.1) is 0 Å². The van der Waals surface area contributed by atoms with E-state index >= 15 is 0 Å². The van der Waals surface area contributed by atoms with Crippen LogP contribution in [0.4, 0.5) is 5.95 Å². The van der Waals surface area contributed by atoms with E-state index in [-0.39, 0.29) is 6.17 Å². The molecule has 0 radical (unpaired) electrons. The monoisotopic (exact) mass is 496 g/mol. The van der Waals surface area contributed by atoms with Crippen molar-refractivity contribution in [1.82, 2.24) is 35.5 Å². The average Bonchev–Trinajstić information content (AvgIpc) is 3.45. The van der Waals surface area contributed by atoms with Crippen molar-refractivity contribution in [3.8, 4) is 11.3 Å². The lowest BCUT2D eigenvalue weighted by Gasteiger charge is -2.19. The SMILES string of the molecule is CC/C(C)=C/C(=C\NC)c1cccc(Cc2c3c(nn2C)CCc2cnc(NC4C=CN(C)N4)nc2-3)c1. The summed E-state index contributed by atoms with van der Waals surface area (Å²) in [7, 11) is 5.95. The van der Waals surface area contributed by atoms with Crippen LogP contribution in [0.15, 0.2) is 60.6 Å². The Kier molecular flexibility index (Phi) is 7.10. The highest BCUT2D eigenvalue weighted by Gasteiger charge is 2.27. The van der Waals surface area contributed by atoms with Gasteiger partial charge >= 0.3 is 0 Å². The van der Waals surface area contributed by atoms with Crippen LogP contribution in [-0.2, 0) is 26.3 Å². The molecule has 0 saturated carbocycles. The van der Waals surface area contributed by atoms with Crippen LogP contribution in [0.1, 0.15) is 48.3 Å². The quantitative estimate of drug-likeness (QED) is 0.404. The van der Waals surface area contributed by atoms with Gasteiger partial charge in [-0.3, -0.25) is 4.68 Å². The summed E-state index contributed by atoms with van der Waals surface area (Å²) >= 11 is 0. The molecular weight excluding hydrogens is 460 g/mol. The highest BCUT2D eigenvalue weighted by molar-refractivity contribution is 5.75. The number of nitrogens with zero attached hydrogens (tertiary/aromatic N) is 5. The summed E-state index contributed by atoms with van der Waals surface area (Å²) in [6.07, 6.45) is 13.9. The predicted octanol–water partition coefficient (Wildman–Crippen LogP) is 4.18. The van der Waals surface area contributed by atoms with Crippen molar-refractivity contribution >= 4 is 11.5 Å². The van der Waals surface area contributed by atoms with Crippen molar-refractivity contribution in [2.24, 2.45) is 7.05 Å². The zero-order valence-electron chi connectivity index (χ0n) is 22.3. The number of aryl methyl sites for hydroxylation is 3. The van der Waals surface area contributed by atoms with E-state index in [0.29, 0.717) is 5.95 Å². The van der Waals surface area contributed by atoms with E-state index < -0.39 is 0 Å². The molecule has 8 heteroatoms. The first-order valence-electron chi connectivity index (χ1n) is 12.9. The average molecular weight is 497 g/mol. The van der Waals surface area contributed by atoms with Crippen molar-refractivity contribution in [2.45, 2.75) is 45.7 Å². The largest absolute Gasteiger partial charge is 0.393 e. The maximum atomic E-state index is 4.98. The van der Waals surface area contributed by atoms with Crippen molar-refractivity contribution in [2.75, 3.05) is 19.4 Å². The van der Waals surface area contributed by atoms with Crippen LogP contribution in [0.25, 0.3) is 16.8 Å². The van der Waals surface area contributed by atoms with Gasteiger partial charge in [-0.25, -0.2) is 15.4 Å². The molecule has 3 N–H and O–H groups in total. The Hall–Kier alpha value is -3.91. The minimum atomic E-state index is -0.0347. The first-order valence-corrected chi connectivity index (χ1v) is 12.9. The molecule has 0 bridgehead atoms. The van der Waals surface area contributed by atoms with Crippen LogP contribution >= 0.6 is 0 Å². The van der Waals surface area contributed by atoms with Gasteiger partial charge in [0.25, 0.3) is 0 Å². The van der Waals surface area contributed by atoms with E-state index in [4.69, 9.17) is 10.1 Å². The summed E-state index contributed by atoms with van der Waals surface area (Å²) < 4.78 is 2.03. The third kappa shape index (κ3) is 5.29. The number of aromatic nitrogens is 4. The molecule has 192 valence electrons. The molecule has 2 aromatic heterocycles. The van der Waals surface area contributed by atoms with Crippen LogP contribution in [0.5, 0.6) is 0 Å². The number of rotatable bonds is 8. The van der Waals surface area contributed by atoms with Gasteiger partial charge < -0.3 is 15.6 Å². The lowest BCUT2D eigenvalue weighted by atomic mass is 9.91. The van der Waals surface area contributed by atoms with Crippen molar-refractivity contribution < 1.29 is 0 Å². The molecule has 1 atom stereocenters. The van der Waals surface area contributed by atoms with E-state index in [0.717, 1.165) is 42.6 Å².